The Morgan fingerprint density at radius 1 is 0.902 bits per heavy atom. The van der Waals surface area contributed by atoms with Crippen LogP contribution in [0, 0.1) is 31.7 Å². The summed E-state index contributed by atoms with van der Waals surface area (Å²) in [5.74, 6) is 1.49. The molecule has 0 aliphatic rings. The van der Waals surface area contributed by atoms with Crippen LogP contribution in [0.25, 0.3) is 38.6 Å². The number of fused-ring (bicyclic) bond motifs is 5. The van der Waals surface area contributed by atoms with E-state index in [2.05, 4.69) is 85.0 Å². The molecular weight excluding hydrogens is 685 g/mol. The summed E-state index contributed by atoms with van der Waals surface area (Å²) >= 11 is 0. The molecule has 5 aromatic rings. The third kappa shape index (κ3) is 7.15. The molecule has 0 aliphatic heterocycles. The van der Waals surface area contributed by atoms with Gasteiger partial charge >= 0.3 is 0 Å². The van der Waals surface area contributed by atoms with E-state index in [4.69, 9.17) is 4.98 Å². The topological polar surface area (TPSA) is 54.6 Å². The van der Waals surface area contributed by atoms with Gasteiger partial charge < -0.3 is 9.51 Å². The van der Waals surface area contributed by atoms with Crippen LogP contribution >= 0.6 is 0 Å². The van der Waals surface area contributed by atoms with Gasteiger partial charge in [0.2, 0.25) is 0 Å². The summed E-state index contributed by atoms with van der Waals surface area (Å²) in [6, 6.07) is 25.0. The van der Waals surface area contributed by atoms with Crippen molar-refractivity contribution in [1.82, 2.24) is 9.38 Å². The van der Waals surface area contributed by atoms with E-state index in [-0.39, 0.29) is 43.5 Å². The van der Waals surface area contributed by atoms with E-state index in [1.54, 1.807) is 0 Å². The van der Waals surface area contributed by atoms with Crippen molar-refractivity contribution in [3.05, 3.63) is 95.9 Å². The Bertz CT molecular complexity index is 1640. The first-order valence-corrected chi connectivity index (χ1v) is 14.5. The Labute approximate surface area is 257 Å². The molecule has 0 saturated carbocycles. The zero-order chi connectivity index (χ0) is 28.8. The summed E-state index contributed by atoms with van der Waals surface area (Å²) in [5.41, 5.74) is 5.69. The number of aliphatic hydroxyl groups is 1. The predicted octanol–water partition coefficient (Wildman–Crippen LogP) is 9.59. The second-order valence-corrected chi connectivity index (χ2v) is 10.6. The predicted molar refractivity (Wildman–Crippen MR) is 168 cm³/mol. The maximum absolute atomic E-state index is 11.7. The molecule has 3 aromatic carbocycles. The fraction of sp³-hybridized carbons (Fsp3) is 0.333. The molecule has 0 saturated heterocycles. The first-order valence-electron chi connectivity index (χ1n) is 14.5. The van der Waals surface area contributed by atoms with Crippen molar-refractivity contribution in [2.45, 2.75) is 67.2 Å². The molecule has 2 aromatic heterocycles. The van der Waals surface area contributed by atoms with Crippen LogP contribution in [0.2, 0.25) is 0 Å². The zero-order valence-electron chi connectivity index (χ0n) is 25.0. The number of pyridine rings is 1. The fourth-order valence-electron chi connectivity index (χ4n) is 5.54. The van der Waals surface area contributed by atoms with Gasteiger partial charge in [-0.25, -0.2) is 0 Å². The van der Waals surface area contributed by atoms with Crippen LogP contribution in [0.5, 0.6) is 0 Å². The van der Waals surface area contributed by atoms with Crippen LogP contribution in [0.15, 0.2) is 78.7 Å². The summed E-state index contributed by atoms with van der Waals surface area (Å²) in [4.78, 5) is 16.4. The number of imidazole rings is 1. The number of hydrogen-bond donors (Lipinski definition) is 1. The van der Waals surface area contributed by atoms with Crippen molar-refractivity contribution in [3.8, 4) is 11.4 Å². The summed E-state index contributed by atoms with van der Waals surface area (Å²) in [7, 11) is 0. The van der Waals surface area contributed by atoms with Crippen molar-refractivity contribution in [3.63, 3.8) is 0 Å². The van der Waals surface area contributed by atoms with Gasteiger partial charge in [0.05, 0.1) is 17.1 Å². The minimum Gasteiger partial charge on any atom is -0.512 e. The van der Waals surface area contributed by atoms with Gasteiger partial charge in [0, 0.05) is 55.1 Å². The number of rotatable bonds is 8. The number of nitrogens with zero attached hydrogens (tertiary/aromatic N) is 2. The first kappa shape index (κ1) is 32.2. The number of aromatic nitrogens is 2. The van der Waals surface area contributed by atoms with E-state index in [1.807, 2.05) is 33.9 Å². The Kier molecular flexibility index (Phi) is 11.5. The molecule has 0 amide bonds. The van der Waals surface area contributed by atoms with Crippen LogP contribution in [0.4, 0.5) is 0 Å². The van der Waals surface area contributed by atoms with Gasteiger partial charge in [-0.05, 0) is 48.6 Å². The molecule has 0 atom stereocenters. The van der Waals surface area contributed by atoms with Gasteiger partial charge in [0.15, 0.2) is 5.78 Å². The Morgan fingerprint density at radius 3 is 2.24 bits per heavy atom. The molecule has 1 N–H and O–H groups in total. The van der Waals surface area contributed by atoms with E-state index < -0.39 is 0 Å². The minimum absolute atomic E-state index is 0. The summed E-state index contributed by atoms with van der Waals surface area (Å²) < 4.78 is 2.24. The molecule has 5 heteroatoms. The van der Waals surface area contributed by atoms with E-state index in [0.717, 1.165) is 48.2 Å². The number of benzene rings is 3. The van der Waals surface area contributed by atoms with Crippen molar-refractivity contribution in [1.29, 1.82) is 0 Å². The molecule has 0 spiro atoms. The van der Waals surface area contributed by atoms with E-state index in [1.165, 1.54) is 33.3 Å². The van der Waals surface area contributed by atoms with Crippen LogP contribution in [-0.2, 0) is 24.9 Å². The molecule has 0 aliphatic carbocycles. The Hall–Kier alpha value is -3.27. The van der Waals surface area contributed by atoms with Gasteiger partial charge in [0.25, 0.3) is 0 Å². The molecule has 2 heterocycles. The second-order valence-electron chi connectivity index (χ2n) is 10.6. The van der Waals surface area contributed by atoms with Crippen LogP contribution in [0.3, 0.4) is 0 Å². The Morgan fingerprint density at radius 2 is 1.59 bits per heavy atom. The smallest absolute Gasteiger partial charge is 0.162 e. The SMILES string of the molecule is CCC(CC)C(=O)/C=C(\O)C(CC)CC.Cc1[c-]c(-c2ncc3ccc4c5ccccc5ccc4n23)cc(C)c1.[Ir]. The first-order chi connectivity index (χ1) is 19.3. The van der Waals surface area contributed by atoms with Crippen molar-refractivity contribution >= 4 is 33.0 Å². The van der Waals surface area contributed by atoms with E-state index in [0.29, 0.717) is 0 Å². The van der Waals surface area contributed by atoms with Gasteiger partial charge in [-0.3, -0.25) is 9.78 Å². The molecule has 0 unspecified atom stereocenters. The monoisotopic (exact) mass is 726 g/mol. The van der Waals surface area contributed by atoms with Gasteiger partial charge in [-0.15, -0.1) is 34.9 Å². The van der Waals surface area contributed by atoms with Crippen LogP contribution in [-0.4, -0.2) is 20.3 Å². The quantitative estimate of drug-likeness (QED) is 0.0751. The summed E-state index contributed by atoms with van der Waals surface area (Å²) in [5, 5.41) is 13.5. The normalized spacial score (nSPS) is 11.7. The number of hydrogen-bond acceptors (Lipinski definition) is 3. The summed E-state index contributed by atoms with van der Waals surface area (Å²) in [6.45, 7) is 12.3. The number of aliphatic hydroxyl groups excluding tert-OH is 1. The third-order valence-electron chi connectivity index (χ3n) is 7.87. The fourth-order valence-corrected chi connectivity index (χ4v) is 5.54. The molecule has 1 radical (unpaired) electrons. The van der Waals surface area contributed by atoms with Crippen LogP contribution < -0.4 is 0 Å². The van der Waals surface area contributed by atoms with Crippen molar-refractivity contribution in [2.24, 2.45) is 11.8 Å². The number of aryl methyl sites for hydroxylation is 2. The molecule has 217 valence electrons. The summed E-state index contributed by atoms with van der Waals surface area (Å²) in [6.07, 6.45) is 6.85. The number of carbonyl (C=O) groups excluding carboxylic acids is 1. The third-order valence-corrected chi connectivity index (χ3v) is 7.87. The largest absolute Gasteiger partial charge is 0.512 e. The molecule has 0 bridgehead atoms. The molecular formula is C36H41IrN2O2-. The maximum atomic E-state index is 11.7. The van der Waals surface area contributed by atoms with Crippen LogP contribution in [0.1, 0.15) is 64.5 Å². The van der Waals surface area contributed by atoms with Gasteiger partial charge in [-0.1, -0.05) is 77.9 Å². The second kappa shape index (κ2) is 14.6. The average molecular weight is 726 g/mol. The van der Waals surface area contributed by atoms with Crippen molar-refractivity contribution < 1.29 is 30.0 Å². The minimum atomic E-state index is 0. The van der Waals surface area contributed by atoms with Crippen molar-refractivity contribution in [2.75, 3.05) is 0 Å². The number of carbonyl (C=O) groups is 1. The molecule has 41 heavy (non-hydrogen) atoms. The van der Waals surface area contributed by atoms with Gasteiger partial charge in [0.1, 0.15) is 0 Å². The number of allylic oxidation sites excluding steroid dienone is 2. The standard InChI is InChI=1S/C23H17N2.C13H24O2.Ir/c1-15-11-16(2)13-18(12-15)23-24-14-19-8-9-21-20-6-4-3-5-17(20)7-10-22(21)25(19)23;1-5-10(6-2)12(14)9-13(15)11(7-3)8-4;/h3-12,14H,1-2H3;9-11,14H,5-8H2,1-4H3;/q-1;;/b;12-9-;. The van der Waals surface area contributed by atoms with Gasteiger partial charge in [-0.2, -0.15) is 0 Å². The molecule has 5 rings (SSSR count). The Balaban J connectivity index is 0.000000253. The number of ketones is 1. The average Bonchev–Trinajstić information content (AvgIpc) is 3.39. The zero-order valence-corrected chi connectivity index (χ0v) is 27.4. The molecule has 0 fully saturated rings. The molecule has 4 nitrogen and oxygen atoms in total. The van der Waals surface area contributed by atoms with E-state index in [9.17, 15) is 9.90 Å². The maximum Gasteiger partial charge on any atom is 0.162 e. The van der Waals surface area contributed by atoms with E-state index >= 15 is 0 Å².